The van der Waals surface area contributed by atoms with Gasteiger partial charge in [0.2, 0.25) is 5.78 Å². The molecular formula is C25H22FN3O4. The Morgan fingerprint density at radius 2 is 1.91 bits per heavy atom. The van der Waals surface area contributed by atoms with Crippen LogP contribution in [0.4, 0.5) is 15.9 Å². The molecule has 0 aliphatic carbocycles. The molecule has 4 aromatic rings. The van der Waals surface area contributed by atoms with Crippen LogP contribution in [0.2, 0.25) is 0 Å². The Labute approximate surface area is 189 Å². The Hall–Kier alpha value is -4.20. The summed E-state index contributed by atoms with van der Waals surface area (Å²) >= 11 is 0. The summed E-state index contributed by atoms with van der Waals surface area (Å²) in [5, 5.41) is 2.80. The molecule has 0 spiro atoms. The van der Waals surface area contributed by atoms with Crippen LogP contribution in [-0.4, -0.2) is 27.9 Å². The Balaban J connectivity index is 1.46. The van der Waals surface area contributed by atoms with Gasteiger partial charge in [0.05, 0.1) is 18.5 Å². The highest BCUT2D eigenvalue weighted by atomic mass is 19.1. The van der Waals surface area contributed by atoms with Crippen molar-refractivity contribution in [3.05, 3.63) is 101 Å². The molecule has 33 heavy (non-hydrogen) atoms. The van der Waals surface area contributed by atoms with Crippen LogP contribution < -0.4 is 5.32 Å². The molecule has 0 fully saturated rings. The first-order valence-electron chi connectivity index (χ1n) is 10.3. The second kappa shape index (κ2) is 9.52. The number of furan rings is 1. The number of hydrogen-bond acceptors (Lipinski definition) is 6. The molecule has 0 amide bonds. The maximum absolute atomic E-state index is 14.0. The minimum atomic E-state index is -0.736. The van der Waals surface area contributed by atoms with E-state index >= 15 is 0 Å². The van der Waals surface area contributed by atoms with Crippen LogP contribution in [0.25, 0.3) is 0 Å². The molecule has 1 aromatic carbocycles. The number of rotatable bonds is 8. The number of carbonyl (C=O) groups is 2. The first-order chi connectivity index (χ1) is 15.9. The number of ether oxygens (including phenoxy) is 1. The monoisotopic (exact) mass is 447 g/mol. The number of aryl methyl sites for hydroxylation is 1. The fraction of sp³-hybridized carbons (Fsp3) is 0.160. The molecular weight excluding hydrogens is 425 g/mol. The maximum Gasteiger partial charge on any atom is 0.342 e. The third kappa shape index (κ3) is 4.85. The summed E-state index contributed by atoms with van der Waals surface area (Å²) in [5.41, 5.74) is 2.39. The number of nitrogens with one attached hydrogen (secondary N) is 1. The predicted octanol–water partition coefficient (Wildman–Crippen LogP) is 5.06. The van der Waals surface area contributed by atoms with Crippen LogP contribution in [0, 0.1) is 19.7 Å². The lowest BCUT2D eigenvalue weighted by atomic mass is 10.1. The van der Waals surface area contributed by atoms with Crippen LogP contribution in [0.3, 0.4) is 0 Å². The fourth-order valence-electron chi connectivity index (χ4n) is 3.53. The number of Topliss-reactive ketones (excluding diaryl/α,β-unsaturated/α-hetero) is 1. The number of anilines is 2. The zero-order valence-electron chi connectivity index (χ0n) is 18.2. The van der Waals surface area contributed by atoms with E-state index in [1.54, 1.807) is 30.5 Å². The average molecular weight is 447 g/mol. The highest BCUT2D eigenvalue weighted by Gasteiger charge is 2.20. The molecule has 0 aliphatic heterocycles. The Bertz CT molecular complexity index is 1290. The molecule has 0 radical (unpaired) electrons. The zero-order chi connectivity index (χ0) is 23.4. The maximum atomic E-state index is 14.0. The standard InChI is InChI=1S/C25H22FN3O4/c1-16-13-20(17(2)29(16)14-18-7-6-12-32-18)23(30)15-33-25(31)19-8-5-11-27-24(19)28-22-10-4-3-9-21(22)26/h3-13H,14-15H2,1-2H3,(H,27,28). The minimum absolute atomic E-state index is 0.0943. The molecule has 0 unspecified atom stereocenters. The number of ketones is 1. The van der Waals surface area contributed by atoms with Crippen molar-refractivity contribution >= 4 is 23.3 Å². The normalized spacial score (nSPS) is 10.8. The van der Waals surface area contributed by atoms with Crippen LogP contribution >= 0.6 is 0 Å². The van der Waals surface area contributed by atoms with Gasteiger partial charge in [-0.3, -0.25) is 4.79 Å². The topological polar surface area (TPSA) is 86.4 Å². The third-order valence-electron chi connectivity index (χ3n) is 5.26. The van der Waals surface area contributed by atoms with E-state index in [2.05, 4.69) is 10.3 Å². The lowest BCUT2D eigenvalue weighted by molar-refractivity contribution is 0.0475. The van der Waals surface area contributed by atoms with E-state index in [9.17, 15) is 14.0 Å². The van der Waals surface area contributed by atoms with E-state index in [1.807, 2.05) is 30.5 Å². The molecule has 168 valence electrons. The van der Waals surface area contributed by atoms with Crippen molar-refractivity contribution in [2.45, 2.75) is 20.4 Å². The second-order valence-corrected chi connectivity index (χ2v) is 7.45. The number of pyridine rings is 1. The number of para-hydroxylation sites is 1. The molecule has 0 aliphatic rings. The number of hydrogen-bond donors (Lipinski definition) is 1. The molecule has 0 atom stereocenters. The van der Waals surface area contributed by atoms with E-state index in [4.69, 9.17) is 9.15 Å². The van der Waals surface area contributed by atoms with Gasteiger partial charge in [-0.1, -0.05) is 12.1 Å². The molecule has 1 N–H and O–H groups in total. The second-order valence-electron chi connectivity index (χ2n) is 7.45. The van der Waals surface area contributed by atoms with Gasteiger partial charge in [0.15, 0.2) is 6.61 Å². The van der Waals surface area contributed by atoms with Crippen molar-refractivity contribution < 1.29 is 23.1 Å². The molecule has 0 bridgehead atoms. The van der Waals surface area contributed by atoms with Gasteiger partial charge >= 0.3 is 5.97 Å². The number of halogens is 1. The first kappa shape index (κ1) is 22.0. The summed E-state index contributed by atoms with van der Waals surface area (Å²) in [5.74, 6) is -0.637. The van der Waals surface area contributed by atoms with Gasteiger partial charge in [0.1, 0.15) is 23.0 Å². The van der Waals surface area contributed by atoms with Crippen molar-refractivity contribution in [1.29, 1.82) is 0 Å². The highest BCUT2D eigenvalue weighted by molar-refractivity contribution is 6.01. The molecule has 0 saturated carbocycles. The lowest BCUT2D eigenvalue weighted by Gasteiger charge is -2.11. The lowest BCUT2D eigenvalue weighted by Crippen LogP contribution is -2.16. The van der Waals surface area contributed by atoms with Gasteiger partial charge in [0, 0.05) is 23.1 Å². The summed E-state index contributed by atoms with van der Waals surface area (Å²) < 4.78 is 26.6. The van der Waals surface area contributed by atoms with E-state index in [0.29, 0.717) is 12.1 Å². The van der Waals surface area contributed by atoms with Crippen molar-refractivity contribution in [3.8, 4) is 0 Å². The van der Waals surface area contributed by atoms with Gasteiger partial charge in [-0.2, -0.15) is 0 Å². The molecule has 8 heteroatoms. The third-order valence-corrected chi connectivity index (χ3v) is 5.26. The molecule has 0 saturated heterocycles. The average Bonchev–Trinajstić information content (AvgIpc) is 3.43. The first-order valence-corrected chi connectivity index (χ1v) is 10.3. The van der Waals surface area contributed by atoms with Crippen molar-refractivity contribution in [1.82, 2.24) is 9.55 Å². The number of benzene rings is 1. The van der Waals surface area contributed by atoms with Gasteiger partial charge < -0.3 is 19.0 Å². The number of carbonyl (C=O) groups excluding carboxylic acids is 2. The Morgan fingerprint density at radius 1 is 1.09 bits per heavy atom. The van der Waals surface area contributed by atoms with E-state index < -0.39 is 18.4 Å². The minimum Gasteiger partial charge on any atom is -0.467 e. The molecule has 3 heterocycles. The number of nitrogens with zero attached hydrogens (tertiary/aromatic N) is 2. The highest BCUT2D eigenvalue weighted by Crippen LogP contribution is 2.22. The summed E-state index contributed by atoms with van der Waals surface area (Å²) in [6, 6.07) is 14.5. The quantitative estimate of drug-likeness (QED) is 0.300. The summed E-state index contributed by atoms with van der Waals surface area (Å²) in [7, 11) is 0. The van der Waals surface area contributed by atoms with Crippen molar-refractivity contribution in [2.24, 2.45) is 0 Å². The zero-order valence-corrected chi connectivity index (χ0v) is 18.2. The van der Waals surface area contributed by atoms with Gasteiger partial charge in [-0.25, -0.2) is 14.2 Å². The van der Waals surface area contributed by atoms with Crippen LogP contribution in [0.5, 0.6) is 0 Å². The van der Waals surface area contributed by atoms with Gasteiger partial charge in [-0.15, -0.1) is 0 Å². The molecule has 3 aromatic heterocycles. The smallest absolute Gasteiger partial charge is 0.342 e. The van der Waals surface area contributed by atoms with Crippen molar-refractivity contribution in [3.63, 3.8) is 0 Å². The summed E-state index contributed by atoms with van der Waals surface area (Å²) in [6.07, 6.45) is 3.07. The fourth-order valence-corrected chi connectivity index (χ4v) is 3.53. The largest absolute Gasteiger partial charge is 0.467 e. The number of aromatic nitrogens is 2. The Morgan fingerprint density at radius 3 is 2.67 bits per heavy atom. The van der Waals surface area contributed by atoms with Crippen LogP contribution in [0.1, 0.15) is 37.9 Å². The summed E-state index contributed by atoms with van der Waals surface area (Å²) in [4.78, 5) is 29.6. The van der Waals surface area contributed by atoms with E-state index in [0.717, 1.165) is 17.1 Å². The van der Waals surface area contributed by atoms with Gasteiger partial charge in [0.25, 0.3) is 0 Å². The SMILES string of the molecule is Cc1cc(C(=O)COC(=O)c2cccnc2Nc2ccccc2F)c(C)n1Cc1ccco1. The Kier molecular flexibility index (Phi) is 6.35. The van der Waals surface area contributed by atoms with E-state index in [-0.39, 0.29) is 22.9 Å². The van der Waals surface area contributed by atoms with Crippen LogP contribution in [0.15, 0.2) is 71.5 Å². The van der Waals surface area contributed by atoms with Crippen LogP contribution in [-0.2, 0) is 11.3 Å². The van der Waals surface area contributed by atoms with Gasteiger partial charge in [-0.05, 0) is 56.3 Å². The molecule has 4 rings (SSSR count). The predicted molar refractivity (Wildman–Crippen MR) is 120 cm³/mol. The molecule has 7 nitrogen and oxygen atoms in total. The van der Waals surface area contributed by atoms with E-state index in [1.165, 1.54) is 24.4 Å². The van der Waals surface area contributed by atoms with Crippen molar-refractivity contribution in [2.75, 3.05) is 11.9 Å². The number of esters is 1. The summed E-state index contributed by atoms with van der Waals surface area (Å²) in [6.45, 7) is 3.80.